The van der Waals surface area contributed by atoms with Crippen LogP contribution in [-0.2, 0) is 4.79 Å². The zero-order valence-electron chi connectivity index (χ0n) is 12.6. The fraction of sp³-hybridized carbons (Fsp3) is 0.125. The Hall–Kier alpha value is -2.25. The van der Waals surface area contributed by atoms with Crippen LogP contribution in [0, 0.1) is 0 Å². The SMILES string of the molecule is C/C(=N/NC(=O)COc1ccc(Cl)cc1Br)c1cc(O)ccc1O. The second-order valence-electron chi connectivity index (χ2n) is 4.80. The molecule has 2 aromatic rings. The van der Waals surface area contributed by atoms with Crippen LogP contribution in [0.1, 0.15) is 12.5 Å². The average Bonchev–Trinajstić information content (AvgIpc) is 2.54. The van der Waals surface area contributed by atoms with Crippen molar-refractivity contribution in [3.05, 3.63) is 51.5 Å². The number of aromatic hydroxyl groups is 2. The summed E-state index contributed by atoms with van der Waals surface area (Å²) in [6, 6.07) is 8.98. The van der Waals surface area contributed by atoms with Crippen LogP contribution in [0.25, 0.3) is 0 Å². The lowest BCUT2D eigenvalue weighted by molar-refractivity contribution is -0.123. The van der Waals surface area contributed by atoms with Gasteiger partial charge in [-0.2, -0.15) is 5.10 Å². The number of phenolic OH excluding ortho intramolecular Hbond substituents is 2. The number of benzene rings is 2. The van der Waals surface area contributed by atoms with Crippen LogP contribution in [0.3, 0.4) is 0 Å². The van der Waals surface area contributed by atoms with Crippen molar-refractivity contribution in [2.75, 3.05) is 6.61 Å². The van der Waals surface area contributed by atoms with Gasteiger partial charge in [0.2, 0.25) is 0 Å². The van der Waals surface area contributed by atoms with Crippen LogP contribution >= 0.6 is 27.5 Å². The number of phenols is 2. The maximum Gasteiger partial charge on any atom is 0.277 e. The van der Waals surface area contributed by atoms with Gasteiger partial charge in [-0.3, -0.25) is 4.79 Å². The second-order valence-corrected chi connectivity index (χ2v) is 6.09. The van der Waals surface area contributed by atoms with Crippen molar-refractivity contribution in [2.24, 2.45) is 5.10 Å². The van der Waals surface area contributed by atoms with Crippen molar-refractivity contribution in [1.82, 2.24) is 5.43 Å². The summed E-state index contributed by atoms with van der Waals surface area (Å²) in [7, 11) is 0. The number of carbonyl (C=O) groups excluding carboxylic acids is 1. The molecule has 2 aromatic carbocycles. The molecular weight excluding hydrogens is 400 g/mol. The molecule has 0 saturated heterocycles. The number of halogens is 2. The smallest absolute Gasteiger partial charge is 0.277 e. The summed E-state index contributed by atoms with van der Waals surface area (Å²) >= 11 is 9.11. The van der Waals surface area contributed by atoms with E-state index < -0.39 is 5.91 Å². The van der Waals surface area contributed by atoms with E-state index in [9.17, 15) is 15.0 Å². The highest BCUT2D eigenvalue weighted by molar-refractivity contribution is 9.10. The van der Waals surface area contributed by atoms with Gasteiger partial charge in [0.25, 0.3) is 5.91 Å². The topological polar surface area (TPSA) is 91.2 Å². The van der Waals surface area contributed by atoms with Crippen LogP contribution in [0.4, 0.5) is 0 Å². The summed E-state index contributed by atoms with van der Waals surface area (Å²) in [5.41, 5.74) is 2.97. The lowest BCUT2D eigenvalue weighted by Crippen LogP contribution is -2.25. The Morgan fingerprint density at radius 1 is 1.29 bits per heavy atom. The standard InChI is InChI=1S/C16H14BrClN2O4/c1-9(12-7-11(21)3-4-14(12)22)19-20-16(23)8-24-15-5-2-10(18)6-13(15)17/h2-7,21-22H,8H2,1H3,(H,20,23)/b19-9-. The molecule has 3 N–H and O–H groups in total. The third kappa shape index (κ3) is 4.87. The number of rotatable bonds is 5. The number of hydrogen-bond donors (Lipinski definition) is 3. The molecule has 6 nitrogen and oxygen atoms in total. The molecule has 126 valence electrons. The highest BCUT2D eigenvalue weighted by atomic mass is 79.9. The number of nitrogens with one attached hydrogen (secondary N) is 1. The van der Waals surface area contributed by atoms with E-state index in [1.807, 2.05) is 0 Å². The van der Waals surface area contributed by atoms with Crippen LogP contribution < -0.4 is 10.2 Å². The van der Waals surface area contributed by atoms with E-state index in [4.69, 9.17) is 16.3 Å². The zero-order chi connectivity index (χ0) is 17.7. The molecule has 0 unspecified atom stereocenters. The molecule has 0 aliphatic rings. The molecule has 8 heteroatoms. The predicted octanol–water partition coefficient (Wildman–Crippen LogP) is 3.43. The van der Waals surface area contributed by atoms with Crippen molar-refractivity contribution in [1.29, 1.82) is 0 Å². The third-order valence-electron chi connectivity index (χ3n) is 2.97. The summed E-state index contributed by atoms with van der Waals surface area (Å²) in [4.78, 5) is 11.8. The fourth-order valence-corrected chi connectivity index (χ4v) is 2.59. The molecule has 2 rings (SSSR count). The predicted molar refractivity (Wildman–Crippen MR) is 94.8 cm³/mol. The second kappa shape index (κ2) is 8.03. The van der Waals surface area contributed by atoms with Crippen LogP contribution in [0.2, 0.25) is 5.02 Å². The molecule has 0 atom stereocenters. The molecule has 0 aromatic heterocycles. The van der Waals surface area contributed by atoms with Crippen LogP contribution in [0.5, 0.6) is 17.2 Å². The summed E-state index contributed by atoms with van der Waals surface area (Å²) in [6.45, 7) is 1.34. The van der Waals surface area contributed by atoms with E-state index in [0.717, 1.165) is 0 Å². The first-order chi connectivity index (χ1) is 11.4. The van der Waals surface area contributed by atoms with Gasteiger partial charge in [-0.25, -0.2) is 5.43 Å². The van der Waals surface area contributed by atoms with E-state index in [2.05, 4.69) is 26.5 Å². The average molecular weight is 414 g/mol. The van der Waals surface area contributed by atoms with Gasteiger partial charge in [0, 0.05) is 10.6 Å². The normalized spacial score (nSPS) is 11.2. The number of hydrogen-bond acceptors (Lipinski definition) is 5. The molecule has 0 fully saturated rings. The van der Waals surface area contributed by atoms with E-state index in [0.29, 0.717) is 26.5 Å². The number of hydrazone groups is 1. The van der Waals surface area contributed by atoms with Crippen molar-refractivity contribution in [3.8, 4) is 17.2 Å². The van der Waals surface area contributed by atoms with E-state index in [-0.39, 0.29) is 18.1 Å². The minimum absolute atomic E-state index is 0.0143. The minimum Gasteiger partial charge on any atom is -0.508 e. The Morgan fingerprint density at radius 2 is 2.04 bits per heavy atom. The largest absolute Gasteiger partial charge is 0.508 e. The Kier molecular flexibility index (Phi) is 6.05. The molecule has 0 aliphatic carbocycles. The molecule has 0 spiro atoms. The molecule has 0 aliphatic heterocycles. The Balaban J connectivity index is 1.95. The van der Waals surface area contributed by atoms with Gasteiger partial charge < -0.3 is 14.9 Å². The molecular formula is C16H14BrClN2O4. The monoisotopic (exact) mass is 412 g/mol. The van der Waals surface area contributed by atoms with Gasteiger partial charge in [-0.05, 0) is 59.3 Å². The van der Waals surface area contributed by atoms with Crippen molar-refractivity contribution in [3.63, 3.8) is 0 Å². The van der Waals surface area contributed by atoms with Crippen LogP contribution in [0.15, 0.2) is 46.0 Å². The summed E-state index contributed by atoms with van der Waals surface area (Å²) in [5.74, 6) is -0.0686. The first kappa shape index (κ1) is 18.1. The molecule has 0 heterocycles. The van der Waals surface area contributed by atoms with Gasteiger partial charge in [-0.1, -0.05) is 11.6 Å². The number of ether oxygens (including phenoxy) is 1. The molecule has 1 amide bonds. The van der Waals surface area contributed by atoms with Gasteiger partial charge >= 0.3 is 0 Å². The van der Waals surface area contributed by atoms with Gasteiger partial charge in [-0.15, -0.1) is 0 Å². The lowest BCUT2D eigenvalue weighted by atomic mass is 10.1. The van der Waals surface area contributed by atoms with Gasteiger partial charge in [0.15, 0.2) is 6.61 Å². The summed E-state index contributed by atoms with van der Waals surface area (Å²) in [6.07, 6.45) is 0. The number of amides is 1. The Bertz CT molecular complexity index is 796. The quantitative estimate of drug-likeness (QED) is 0.398. The van der Waals surface area contributed by atoms with E-state index in [1.54, 1.807) is 25.1 Å². The Morgan fingerprint density at radius 3 is 2.75 bits per heavy atom. The Labute approximate surface area is 151 Å². The van der Waals surface area contributed by atoms with Crippen molar-refractivity contribution >= 4 is 39.1 Å². The highest BCUT2D eigenvalue weighted by Crippen LogP contribution is 2.27. The first-order valence-corrected chi connectivity index (χ1v) is 7.97. The maximum absolute atomic E-state index is 11.8. The molecule has 0 bridgehead atoms. The summed E-state index contributed by atoms with van der Waals surface area (Å²) in [5, 5.41) is 23.6. The maximum atomic E-state index is 11.8. The van der Waals surface area contributed by atoms with Gasteiger partial charge in [0.05, 0.1) is 10.2 Å². The molecule has 24 heavy (non-hydrogen) atoms. The van der Waals surface area contributed by atoms with Crippen molar-refractivity contribution < 1.29 is 19.7 Å². The zero-order valence-corrected chi connectivity index (χ0v) is 14.9. The fourth-order valence-electron chi connectivity index (χ4n) is 1.79. The highest BCUT2D eigenvalue weighted by Gasteiger charge is 2.08. The van der Waals surface area contributed by atoms with Crippen LogP contribution in [-0.4, -0.2) is 28.4 Å². The minimum atomic E-state index is -0.476. The summed E-state index contributed by atoms with van der Waals surface area (Å²) < 4.78 is 5.99. The lowest BCUT2D eigenvalue weighted by Gasteiger charge is -2.08. The third-order valence-corrected chi connectivity index (χ3v) is 3.83. The van der Waals surface area contributed by atoms with Crippen molar-refractivity contribution in [2.45, 2.75) is 6.92 Å². The first-order valence-electron chi connectivity index (χ1n) is 6.80. The number of nitrogens with zero attached hydrogens (tertiary/aromatic N) is 1. The number of carbonyl (C=O) groups is 1. The van der Waals surface area contributed by atoms with E-state index in [1.165, 1.54) is 18.2 Å². The van der Waals surface area contributed by atoms with Gasteiger partial charge in [0.1, 0.15) is 17.2 Å². The molecule has 0 saturated carbocycles. The van der Waals surface area contributed by atoms with E-state index >= 15 is 0 Å². The molecule has 0 radical (unpaired) electrons.